The van der Waals surface area contributed by atoms with E-state index in [2.05, 4.69) is 10.6 Å². The van der Waals surface area contributed by atoms with Crippen molar-refractivity contribution in [3.63, 3.8) is 0 Å². The molecule has 18 heavy (non-hydrogen) atoms. The Labute approximate surface area is 108 Å². The molecule has 0 aliphatic carbocycles. The van der Waals surface area contributed by atoms with Gasteiger partial charge in [0.25, 0.3) is 0 Å². The van der Waals surface area contributed by atoms with E-state index in [1.54, 1.807) is 0 Å². The maximum Gasteiger partial charge on any atom is 0.321 e. The lowest BCUT2D eigenvalue weighted by molar-refractivity contribution is -0.124. The van der Waals surface area contributed by atoms with E-state index in [4.69, 9.17) is 4.74 Å². The SMILES string of the molecule is CCCNC(=O)NC(=O)CN1C[C@@H](C)O[C@@H](C)C1. The smallest absolute Gasteiger partial charge is 0.321 e. The van der Waals surface area contributed by atoms with Gasteiger partial charge in [-0.2, -0.15) is 0 Å². The highest BCUT2D eigenvalue weighted by atomic mass is 16.5. The van der Waals surface area contributed by atoms with Crippen molar-refractivity contribution in [1.29, 1.82) is 0 Å². The van der Waals surface area contributed by atoms with Gasteiger partial charge in [-0.1, -0.05) is 6.92 Å². The van der Waals surface area contributed by atoms with Crippen LogP contribution in [-0.4, -0.2) is 55.2 Å². The molecule has 0 aromatic rings. The molecular weight excluding hydrogens is 234 g/mol. The van der Waals surface area contributed by atoms with E-state index in [9.17, 15) is 9.59 Å². The molecule has 1 heterocycles. The van der Waals surface area contributed by atoms with Crippen LogP contribution in [0.1, 0.15) is 27.2 Å². The molecule has 6 heteroatoms. The van der Waals surface area contributed by atoms with Gasteiger partial charge in [-0.05, 0) is 20.3 Å². The summed E-state index contributed by atoms with van der Waals surface area (Å²) in [6, 6.07) is -0.420. The third kappa shape index (κ3) is 5.46. The Balaban J connectivity index is 2.29. The van der Waals surface area contributed by atoms with Gasteiger partial charge in [0.2, 0.25) is 5.91 Å². The quantitative estimate of drug-likeness (QED) is 0.761. The van der Waals surface area contributed by atoms with Crippen molar-refractivity contribution in [2.24, 2.45) is 0 Å². The van der Waals surface area contributed by atoms with E-state index in [0.29, 0.717) is 19.6 Å². The Kier molecular flexibility index (Phi) is 6.07. The van der Waals surface area contributed by atoms with Crippen molar-refractivity contribution in [2.45, 2.75) is 39.4 Å². The van der Waals surface area contributed by atoms with Gasteiger partial charge in [-0.25, -0.2) is 4.79 Å². The molecule has 1 fully saturated rings. The molecule has 0 unspecified atom stereocenters. The number of hydrogen-bond acceptors (Lipinski definition) is 4. The van der Waals surface area contributed by atoms with Gasteiger partial charge in [-0.3, -0.25) is 15.0 Å². The Bertz CT molecular complexity index is 286. The highest BCUT2D eigenvalue weighted by Crippen LogP contribution is 2.09. The molecule has 1 rings (SSSR count). The Morgan fingerprint density at radius 2 is 1.89 bits per heavy atom. The van der Waals surface area contributed by atoms with E-state index < -0.39 is 6.03 Å². The number of carbonyl (C=O) groups excluding carboxylic acids is 2. The molecule has 1 aliphatic heterocycles. The van der Waals surface area contributed by atoms with Crippen LogP contribution in [0.15, 0.2) is 0 Å². The summed E-state index contributed by atoms with van der Waals surface area (Å²) >= 11 is 0. The minimum atomic E-state index is -0.420. The first kappa shape index (κ1) is 14.9. The molecule has 0 aromatic carbocycles. The van der Waals surface area contributed by atoms with Crippen molar-refractivity contribution in [1.82, 2.24) is 15.5 Å². The first-order valence-electron chi connectivity index (χ1n) is 6.46. The molecule has 1 saturated heterocycles. The predicted octanol–water partition coefficient (Wildman–Crippen LogP) is 0.331. The number of nitrogens with zero attached hydrogens (tertiary/aromatic N) is 1. The van der Waals surface area contributed by atoms with Gasteiger partial charge in [0.1, 0.15) is 0 Å². The van der Waals surface area contributed by atoms with Crippen LogP contribution in [0.25, 0.3) is 0 Å². The maximum absolute atomic E-state index is 11.6. The molecule has 2 atom stereocenters. The highest BCUT2D eigenvalue weighted by molar-refractivity contribution is 5.95. The van der Waals surface area contributed by atoms with Crippen molar-refractivity contribution >= 4 is 11.9 Å². The van der Waals surface area contributed by atoms with Crippen LogP contribution in [0.5, 0.6) is 0 Å². The third-order valence-electron chi connectivity index (χ3n) is 2.65. The summed E-state index contributed by atoms with van der Waals surface area (Å²) in [5.41, 5.74) is 0. The number of rotatable bonds is 4. The number of nitrogens with one attached hydrogen (secondary N) is 2. The maximum atomic E-state index is 11.6. The van der Waals surface area contributed by atoms with Crippen molar-refractivity contribution < 1.29 is 14.3 Å². The largest absolute Gasteiger partial charge is 0.373 e. The molecular formula is C12H23N3O3. The van der Waals surface area contributed by atoms with Crippen LogP contribution in [0.2, 0.25) is 0 Å². The summed E-state index contributed by atoms with van der Waals surface area (Å²) in [6.45, 7) is 8.16. The lowest BCUT2D eigenvalue weighted by atomic mass is 10.2. The lowest BCUT2D eigenvalue weighted by Gasteiger charge is -2.34. The summed E-state index contributed by atoms with van der Waals surface area (Å²) in [5, 5.41) is 4.92. The summed E-state index contributed by atoms with van der Waals surface area (Å²) in [6.07, 6.45) is 1.09. The first-order valence-corrected chi connectivity index (χ1v) is 6.46. The van der Waals surface area contributed by atoms with Crippen molar-refractivity contribution in [3.05, 3.63) is 0 Å². The molecule has 0 radical (unpaired) electrons. The first-order chi connectivity index (χ1) is 8.51. The van der Waals surface area contributed by atoms with Gasteiger partial charge in [0.05, 0.1) is 18.8 Å². The monoisotopic (exact) mass is 257 g/mol. The van der Waals surface area contributed by atoms with Gasteiger partial charge in [0.15, 0.2) is 0 Å². The molecule has 0 bridgehead atoms. The van der Waals surface area contributed by atoms with E-state index in [-0.39, 0.29) is 24.7 Å². The molecule has 1 aliphatic rings. The normalized spacial score (nSPS) is 24.6. The van der Waals surface area contributed by atoms with Gasteiger partial charge >= 0.3 is 6.03 Å². The van der Waals surface area contributed by atoms with Crippen LogP contribution < -0.4 is 10.6 Å². The number of urea groups is 1. The summed E-state index contributed by atoms with van der Waals surface area (Å²) in [7, 11) is 0. The van der Waals surface area contributed by atoms with Gasteiger partial charge in [0, 0.05) is 19.6 Å². The average molecular weight is 257 g/mol. The minimum absolute atomic E-state index is 0.121. The summed E-state index contributed by atoms with van der Waals surface area (Å²) in [4.78, 5) is 24.9. The molecule has 6 nitrogen and oxygen atoms in total. The predicted molar refractivity (Wildman–Crippen MR) is 68.3 cm³/mol. The summed E-state index contributed by atoms with van der Waals surface area (Å²) in [5.74, 6) is -0.273. The van der Waals surface area contributed by atoms with Gasteiger partial charge in [-0.15, -0.1) is 0 Å². The number of morpholine rings is 1. The van der Waals surface area contributed by atoms with Crippen LogP contribution in [0, 0.1) is 0 Å². The van der Waals surface area contributed by atoms with Crippen LogP contribution in [0.3, 0.4) is 0 Å². The number of hydrogen-bond donors (Lipinski definition) is 2. The second kappa shape index (κ2) is 7.33. The second-order valence-electron chi connectivity index (χ2n) is 4.76. The number of ether oxygens (including phenoxy) is 1. The zero-order chi connectivity index (χ0) is 13.5. The zero-order valence-electron chi connectivity index (χ0n) is 11.4. The molecule has 0 saturated carbocycles. The Morgan fingerprint density at radius 1 is 1.28 bits per heavy atom. The van der Waals surface area contributed by atoms with Crippen LogP contribution in [-0.2, 0) is 9.53 Å². The topological polar surface area (TPSA) is 70.7 Å². The molecule has 0 spiro atoms. The van der Waals surface area contributed by atoms with E-state index in [0.717, 1.165) is 6.42 Å². The Hall–Kier alpha value is -1.14. The highest BCUT2D eigenvalue weighted by Gasteiger charge is 2.24. The Morgan fingerprint density at radius 3 is 2.44 bits per heavy atom. The fourth-order valence-electron chi connectivity index (χ4n) is 2.07. The van der Waals surface area contributed by atoms with Crippen LogP contribution >= 0.6 is 0 Å². The molecule has 104 valence electrons. The zero-order valence-corrected chi connectivity index (χ0v) is 11.4. The van der Waals surface area contributed by atoms with Gasteiger partial charge < -0.3 is 10.1 Å². The number of imide groups is 1. The standard InChI is InChI=1S/C12H23N3O3/c1-4-5-13-12(17)14-11(16)8-15-6-9(2)18-10(3)7-15/h9-10H,4-8H2,1-3H3,(H2,13,14,16,17)/t9-,10+. The second-order valence-corrected chi connectivity index (χ2v) is 4.76. The summed E-state index contributed by atoms with van der Waals surface area (Å²) < 4.78 is 5.58. The number of amides is 3. The fraction of sp³-hybridized carbons (Fsp3) is 0.833. The van der Waals surface area contributed by atoms with E-state index in [1.807, 2.05) is 25.7 Å². The van der Waals surface area contributed by atoms with Crippen molar-refractivity contribution in [3.8, 4) is 0 Å². The van der Waals surface area contributed by atoms with E-state index >= 15 is 0 Å². The molecule has 0 aromatic heterocycles. The van der Waals surface area contributed by atoms with Crippen molar-refractivity contribution in [2.75, 3.05) is 26.2 Å². The van der Waals surface area contributed by atoms with E-state index in [1.165, 1.54) is 0 Å². The molecule has 2 N–H and O–H groups in total. The minimum Gasteiger partial charge on any atom is -0.373 e. The lowest BCUT2D eigenvalue weighted by Crippen LogP contribution is -2.50. The average Bonchev–Trinajstić information content (AvgIpc) is 2.24. The fourth-order valence-corrected chi connectivity index (χ4v) is 2.07. The molecule has 3 amide bonds. The third-order valence-corrected chi connectivity index (χ3v) is 2.65. The number of carbonyl (C=O) groups is 2. The van der Waals surface area contributed by atoms with Crippen LogP contribution in [0.4, 0.5) is 4.79 Å².